The van der Waals surface area contributed by atoms with Gasteiger partial charge in [-0.05, 0) is 31.7 Å². The van der Waals surface area contributed by atoms with Crippen molar-refractivity contribution in [3.05, 3.63) is 35.9 Å². The SMILES string of the molecule is CN=C(NCCC(C)c1ccccc1)NCC(C)(C)N1CCOCC1.I. The number of rotatable bonds is 7. The molecule has 1 heterocycles. The largest absolute Gasteiger partial charge is 0.379 e. The Morgan fingerprint density at radius 2 is 1.85 bits per heavy atom. The summed E-state index contributed by atoms with van der Waals surface area (Å²) in [5, 5.41) is 6.92. The van der Waals surface area contributed by atoms with Crippen molar-refractivity contribution in [2.75, 3.05) is 46.4 Å². The fraction of sp³-hybridized carbons (Fsp3) is 0.650. The lowest BCUT2D eigenvalue weighted by Gasteiger charge is -2.41. The molecule has 1 aliphatic heterocycles. The van der Waals surface area contributed by atoms with Crippen molar-refractivity contribution in [1.29, 1.82) is 0 Å². The summed E-state index contributed by atoms with van der Waals surface area (Å²) in [4.78, 5) is 6.84. The lowest BCUT2D eigenvalue weighted by atomic mass is 9.98. The van der Waals surface area contributed by atoms with Crippen molar-refractivity contribution in [3.63, 3.8) is 0 Å². The van der Waals surface area contributed by atoms with Gasteiger partial charge in [0.25, 0.3) is 0 Å². The van der Waals surface area contributed by atoms with Crippen LogP contribution in [0, 0.1) is 0 Å². The van der Waals surface area contributed by atoms with Gasteiger partial charge >= 0.3 is 0 Å². The molecule has 0 aliphatic carbocycles. The lowest BCUT2D eigenvalue weighted by Crippen LogP contribution is -2.56. The normalized spacial score (nSPS) is 17.3. The second-order valence-corrected chi connectivity index (χ2v) is 7.36. The van der Waals surface area contributed by atoms with Gasteiger partial charge in [0, 0.05) is 38.8 Å². The topological polar surface area (TPSA) is 48.9 Å². The van der Waals surface area contributed by atoms with Gasteiger partial charge in [0.05, 0.1) is 13.2 Å². The lowest BCUT2D eigenvalue weighted by molar-refractivity contribution is -0.00833. The van der Waals surface area contributed by atoms with Crippen LogP contribution in [0.15, 0.2) is 35.3 Å². The third-order valence-corrected chi connectivity index (χ3v) is 5.02. The van der Waals surface area contributed by atoms with E-state index in [1.54, 1.807) is 0 Å². The number of aliphatic imine (C=N–C) groups is 1. The van der Waals surface area contributed by atoms with E-state index in [1.807, 2.05) is 7.05 Å². The van der Waals surface area contributed by atoms with Gasteiger partial charge < -0.3 is 15.4 Å². The van der Waals surface area contributed by atoms with Gasteiger partial charge in [-0.15, -0.1) is 24.0 Å². The highest BCUT2D eigenvalue weighted by Crippen LogP contribution is 2.17. The molecule has 1 atom stereocenters. The zero-order valence-electron chi connectivity index (χ0n) is 16.6. The standard InChI is InChI=1S/C20H34N4O.HI/c1-17(18-8-6-5-7-9-18)10-11-22-19(21-4)23-16-20(2,3)24-12-14-25-15-13-24;/h5-9,17H,10-16H2,1-4H3,(H2,21,22,23);1H. The third kappa shape index (κ3) is 7.40. The molecule has 1 aliphatic rings. The molecule has 0 saturated carbocycles. The number of nitrogens with zero attached hydrogens (tertiary/aromatic N) is 2. The van der Waals surface area contributed by atoms with Crippen LogP contribution in [-0.2, 0) is 4.74 Å². The van der Waals surface area contributed by atoms with Crippen LogP contribution in [0.3, 0.4) is 0 Å². The first-order valence-corrected chi connectivity index (χ1v) is 9.35. The molecular weight excluding hydrogens is 439 g/mol. The van der Waals surface area contributed by atoms with E-state index in [-0.39, 0.29) is 29.5 Å². The fourth-order valence-electron chi connectivity index (χ4n) is 3.16. The van der Waals surface area contributed by atoms with E-state index in [9.17, 15) is 0 Å². The Balaban J connectivity index is 0.00000338. The molecule has 0 aromatic heterocycles. The average Bonchev–Trinajstić information content (AvgIpc) is 2.65. The molecule has 26 heavy (non-hydrogen) atoms. The fourth-order valence-corrected chi connectivity index (χ4v) is 3.16. The van der Waals surface area contributed by atoms with Crippen molar-refractivity contribution in [1.82, 2.24) is 15.5 Å². The van der Waals surface area contributed by atoms with E-state index in [1.165, 1.54) is 5.56 Å². The van der Waals surface area contributed by atoms with Crippen molar-refractivity contribution in [2.45, 2.75) is 38.6 Å². The predicted octanol–water partition coefficient (Wildman–Crippen LogP) is 3.07. The Labute approximate surface area is 176 Å². The van der Waals surface area contributed by atoms with Crippen LogP contribution in [0.2, 0.25) is 0 Å². The van der Waals surface area contributed by atoms with E-state index in [2.05, 4.69) is 71.6 Å². The Hall–Kier alpha value is -0.860. The van der Waals surface area contributed by atoms with Crippen molar-refractivity contribution in [3.8, 4) is 0 Å². The molecule has 1 unspecified atom stereocenters. The molecule has 1 aromatic carbocycles. The highest BCUT2D eigenvalue weighted by molar-refractivity contribution is 14.0. The van der Waals surface area contributed by atoms with Crippen LogP contribution in [0.25, 0.3) is 0 Å². The highest BCUT2D eigenvalue weighted by Gasteiger charge is 2.28. The summed E-state index contributed by atoms with van der Waals surface area (Å²) in [7, 11) is 1.83. The molecule has 0 amide bonds. The van der Waals surface area contributed by atoms with Gasteiger partial charge in [-0.1, -0.05) is 37.3 Å². The van der Waals surface area contributed by atoms with Crippen molar-refractivity contribution >= 4 is 29.9 Å². The van der Waals surface area contributed by atoms with Gasteiger partial charge in [-0.25, -0.2) is 0 Å². The second kappa shape index (κ2) is 11.8. The van der Waals surface area contributed by atoms with E-state index >= 15 is 0 Å². The molecule has 2 rings (SSSR count). The molecule has 5 nitrogen and oxygen atoms in total. The van der Waals surface area contributed by atoms with E-state index in [0.717, 1.165) is 51.8 Å². The molecule has 1 aromatic rings. The molecule has 0 radical (unpaired) electrons. The van der Waals surface area contributed by atoms with Gasteiger partial charge in [-0.2, -0.15) is 0 Å². The summed E-state index contributed by atoms with van der Waals surface area (Å²) in [6.07, 6.45) is 1.08. The first-order valence-electron chi connectivity index (χ1n) is 9.35. The predicted molar refractivity (Wildman–Crippen MR) is 121 cm³/mol. The molecule has 1 fully saturated rings. The number of benzene rings is 1. The summed E-state index contributed by atoms with van der Waals surface area (Å²) < 4.78 is 5.46. The monoisotopic (exact) mass is 474 g/mol. The zero-order valence-corrected chi connectivity index (χ0v) is 19.0. The summed E-state index contributed by atoms with van der Waals surface area (Å²) in [5.41, 5.74) is 1.47. The molecule has 148 valence electrons. The summed E-state index contributed by atoms with van der Waals surface area (Å²) in [6.45, 7) is 12.2. The quantitative estimate of drug-likeness (QED) is 0.363. The maximum atomic E-state index is 5.46. The van der Waals surface area contributed by atoms with Gasteiger partial charge in [0.2, 0.25) is 0 Å². The van der Waals surface area contributed by atoms with E-state index in [0.29, 0.717) is 5.92 Å². The Morgan fingerprint density at radius 1 is 1.19 bits per heavy atom. The molecule has 0 spiro atoms. The number of guanidine groups is 1. The van der Waals surface area contributed by atoms with Crippen LogP contribution >= 0.6 is 24.0 Å². The molecular formula is C20H35IN4O. The van der Waals surface area contributed by atoms with Gasteiger partial charge in [0.15, 0.2) is 5.96 Å². The highest BCUT2D eigenvalue weighted by atomic mass is 127. The van der Waals surface area contributed by atoms with Gasteiger partial charge in [0.1, 0.15) is 0 Å². The van der Waals surface area contributed by atoms with E-state index < -0.39 is 0 Å². The Bertz CT molecular complexity index is 530. The number of morpholine rings is 1. The van der Waals surface area contributed by atoms with Crippen molar-refractivity contribution in [2.24, 2.45) is 4.99 Å². The molecule has 0 bridgehead atoms. The molecule has 6 heteroatoms. The maximum Gasteiger partial charge on any atom is 0.191 e. The zero-order chi connectivity index (χ0) is 18.1. The third-order valence-electron chi connectivity index (χ3n) is 5.02. The molecule has 2 N–H and O–H groups in total. The van der Waals surface area contributed by atoms with Crippen LogP contribution in [0.1, 0.15) is 38.7 Å². The number of hydrogen-bond donors (Lipinski definition) is 2. The number of halogens is 1. The summed E-state index contributed by atoms with van der Waals surface area (Å²) in [6, 6.07) is 10.7. The van der Waals surface area contributed by atoms with Crippen LogP contribution < -0.4 is 10.6 Å². The molecule has 1 saturated heterocycles. The first kappa shape index (κ1) is 23.2. The number of ether oxygens (including phenoxy) is 1. The second-order valence-electron chi connectivity index (χ2n) is 7.36. The van der Waals surface area contributed by atoms with E-state index in [4.69, 9.17) is 4.74 Å². The van der Waals surface area contributed by atoms with Gasteiger partial charge in [-0.3, -0.25) is 9.89 Å². The van der Waals surface area contributed by atoms with Crippen LogP contribution in [-0.4, -0.2) is 62.8 Å². The summed E-state index contributed by atoms with van der Waals surface area (Å²) >= 11 is 0. The number of hydrogen-bond acceptors (Lipinski definition) is 3. The van der Waals surface area contributed by atoms with Crippen LogP contribution in [0.5, 0.6) is 0 Å². The van der Waals surface area contributed by atoms with Crippen LogP contribution in [0.4, 0.5) is 0 Å². The smallest absolute Gasteiger partial charge is 0.191 e. The van der Waals surface area contributed by atoms with Crippen molar-refractivity contribution < 1.29 is 4.74 Å². The Morgan fingerprint density at radius 3 is 2.46 bits per heavy atom. The number of nitrogens with one attached hydrogen (secondary N) is 2. The maximum absolute atomic E-state index is 5.46. The Kier molecular flexibility index (Phi) is 10.5. The minimum atomic E-state index is 0. The summed E-state index contributed by atoms with van der Waals surface area (Å²) in [5.74, 6) is 1.41. The minimum Gasteiger partial charge on any atom is -0.379 e. The first-order chi connectivity index (χ1) is 12.0. The minimum absolute atomic E-state index is 0. The average molecular weight is 474 g/mol.